The third-order valence-electron chi connectivity index (χ3n) is 4.42. The van der Waals surface area contributed by atoms with Crippen LogP contribution in [0.15, 0.2) is 23.1 Å². The first kappa shape index (κ1) is 13.6. The predicted molar refractivity (Wildman–Crippen MR) is 81.6 cm³/mol. The number of hydrogen-bond donors (Lipinski definition) is 0. The van der Waals surface area contributed by atoms with Crippen molar-refractivity contribution in [1.82, 2.24) is 13.1 Å². The molecule has 0 amide bonds. The highest BCUT2D eigenvalue weighted by Gasteiger charge is 2.46. The summed E-state index contributed by atoms with van der Waals surface area (Å²) >= 11 is 1.06. The third-order valence-corrected chi connectivity index (χ3v) is 7.03. The van der Waals surface area contributed by atoms with Crippen LogP contribution in [0.2, 0.25) is 0 Å². The van der Waals surface area contributed by atoms with E-state index in [1.54, 1.807) is 16.4 Å². The minimum absolute atomic E-state index is 0.0874. The van der Waals surface area contributed by atoms with Crippen molar-refractivity contribution in [3.05, 3.63) is 18.2 Å². The number of nitrogens with zero attached hydrogens (tertiary/aromatic N) is 3. The lowest BCUT2D eigenvalue weighted by Gasteiger charge is -2.28. The van der Waals surface area contributed by atoms with Crippen LogP contribution in [0.3, 0.4) is 0 Å². The monoisotopic (exact) mass is 323 g/mol. The Morgan fingerprint density at radius 3 is 2.67 bits per heavy atom. The second-order valence-electron chi connectivity index (χ2n) is 6.03. The molecule has 1 heterocycles. The Kier molecular flexibility index (Phi) is 3.06. The molecule has 2 aliphatic carbocycles. The fraction of sp³-hybridized carbons (Fsp3) is 0.571. The quantitative estimate of drug-likeness (QED) is 0.848. The molecule has 5 nitrogen and oxygen atoms in total. The van der Waals surface area contributed by atoms with Crippen LogP contribution in [0, 0.1) is 5.92 Å². The Balaban J connectivity index is 1.82. The van der Waals surface area contributed by atoms with E-state index in [2.05, 4.69) is 8.75 Å². The van der Waals surface area contributed by atoms with Gasteiger partial charge in [0.05, 0.1) is 11.7 Å². The van der Waals surface area contributed by atoms with E-state index in [-0.39, 0.29) is 12.1 Å². The second-order valence-corrected chi connectivity index (χ2v) is 8.37. The summed E-state index contributed by atoms with van der Waals surface area (Å²) < 4.78 is 36.4. The number of hydrogen-bond acceptors (Lipinski definition) is 5. The summed E-state index contributed by atoms with van der Waals surface area (Å²) in [6.07, 6.45) is 4.23. The van der Waals surface area contributed by atoms with Crippen LogP contribution in [0.5, 0.6) is 0 Å². The molecular formula is C14H17N3O2S2. The van der Waals surface area contributed by atoms with Crippen molar-refractivity contribution in [2.75, 3.05) is 0 Å². The number of fused-ring (bicyclic) bond motifs is 1. The summed E-state index contributed by atoms with van der Waals surface area (Å²) in [5, 5.41) is 0. The Labute approximate surface area is 128 Å². The molecule has 2 aromatic rings. The van der Waals surface area contributed by atoms with Crippen LogP contribution >= 0.6 is 11.7 Å². The van der Waals surface area contributed by atoms with Gasteiger partial charge in [0.25, 0.3) is 0 Å². The van der Waals surface area contributed by atoms with Gasteiger partial charge in [-0.2, -0.15) is 13.1 Å². The van der Waals surface area contributed by atoms with Crippen LogP contribution in [0.1, 0.15) is 32.6 Å². The lowest BCUT2D eigenvalue weighted by molar-refractivity contribution is 0.301. The van der Waals surface area contributed by atoms with Crippen LogP contribution < -0.4 is 0 Å². The van der Waals surface area contributed by atoms with Gasteiger partial charge in [-0.25, -0.2) is 8.42 Å². The van der Waals surface area contributed by atoms with E-state index in [1.165, 1.54) is 0 Å². The standard InChI is InChI=1S/C14H17N3O2S2/c1-9(10-5-6-10)17(11-7-8-11)21(18,19)13-4-2-3-12-14(13)16-20-15-12/h2-4,9-11H,5-8H2,1H3/t9-/m1/s1. The smallest absolute Gasteiger partial charge is 0.207 e. The highest BCUT2D eigenvalue weighted by atomic mass is 32.2. The van der Waals surface area contributed by atoms with Gasteiger partial charge in [-0.3, -0.25) is 0 Å². The Bertz CT molecular complexity index is 778. The maximum Gasteiger partial charge on any atom is 0.245 e. The molecule has 4 rings (SSSR count). The fourth-order valence-electron chi connectivity index (χ4n) is 2.97. The average Bonchev–Trinajstić information content (AvgIpc) is 3.36. The van der Waals surface area contributed by atoms with Crippen LogP contribution in [-0.2, 0) is 10.0 Å². The molecule has 0 saturated heterocycles. The van der Waals surface area contributed by atoms with E-state index >= 15 is 0 Å². The summed E-state index contributed by atoms with van der Waals surface area (Å²) in [7, 11) is -3.50. The van der Waals surface area contributed by atoms with Crippen molar-refractivity contribution in [1.29, 1.82) is 0 Å². The normalized spacial score (nSPS) is 21.0. The van der Waals surface area contributed by atoms with Crippen LogP contribution in [-0.4, -0.2) is 33.6 Å². The molecule has 1 aromatic heterocycles. The number of benzene rings is 1. The van der Waals surface area contributed by atoms with Gasteiger partial charge < -0.3 is 0 Å². The molecule has 0 aliphatic heterocycles. The summed E-state index contributed by atoms with van der Waals surface area (Å²) in [5.74, 6) is 0.521. The molecule has 0 bridgehead atoms. The SMILES string of the molecule is C[C@H](C1CC1)N(C1CC1)S(=O)(=O)c1cccc2nsnc12. The van der Waals surface area contributed by atoms with Gasteiger partial charge in [0.1, 0.15) is 15.9 Å². The van der Waals surface area contributed by atoms with Crippen LogP contribution in [0.4, 0.5) is 0 Å². The first-order valence-electron chi connectivity index (χ1n) is 7.34. The molecule has 2 aliphatic rings. The molecule has 7 heteroatoms. The lowest BCUT2D eigenvalue weighted by atomic mass is 10.2. The van der Waals surface area contributed by atoms with Gasteiger partial charge in [0.2, 0.25) is 10.0 Å². The van der Waals surface area contributed by atoms with Gasteiger partial charge >= 0.3 is 0 Å². The second kappa shape index (κ2) is 4.72. The van der Waals surface area contributed by atoms with E-state index in [0.717, 1.165) is 37.4 Å². The van der Waals surface area contributed by atoms with E-state index < -0.39 is 10.0 Å². The van der Waals surface area contributed by atoms with Crippen LogP contribution in [0.25, 0.3) is 11.0 Å². The molecule has 2 saturated carbocycles. The van der Waals surface area contributed by atoms with Gasteiger partial charge in [-0.15, -0.1) is 0 Å². The Morgan fingerprint density at radius 2 is 2.00 bits per heavy atom. The largest absolute Gasteiger partial charge is 0.245 e. The molecule has 0 radical (unpaired) electrons. The lowest BCUT2D eigenvalue weighted by Crippen LogP contribution is -2.41. The number of rotatable bonds is 5. The van der Waals surface area contributed by atoms with Crippen molar-refractivity contribution in [2.45, 2.75) is 49.6 Å². The zero-order valence-corrected chi connectivity index (χ0v) is 13.4. The van der Waals surface area contributed by atoms with Gasteiger partial charge in [0, 0.05) is 12.1 Å². The molecule has 0 unspecified atom stereocenters. The summed E-state index contributed by atoms with van der Waals surface area (Å²) in [6, 6.07) is 5.48. The maximum absolute atomic E-state index is 13.2. The maximum atomic E-state index is 13.2. The van der Waals surface area contributed by atoms with Gasteiger partial charge in [0.15, 0.2) is 0 Å². The Hall–Kier alpha value is -1.05. The van der Waals surface area contributed by atoms with E-state index in [9.17, 15) is 8.42 Å². The summed E-state index contributed by atoms with van der Waals surface area (Å²) in [5.41, 5.74) is 1.17. The van der Waals surface area contributed by atoms with Crippen molar-refractivity contribution in [3.63, 3.8) is 0 Å². The molecule has 0 spiro atoms. The Morgan fingerprint density at radius 1 is 1.24 bits per heavy atom. The molecule has 0 N–H and O–H groups in total. The highest BCUT2D eigenvalue weighted by Crippen LogP contribution is 2.43. The number of aromatic nitrogens is 2. The number of sulfonamides is 1. The van der Waals surface area contributed by atoms with Crippen molar-refractivity contribution in [3.8, 4) is 0 Å². The van der Waals surface area contributed by atoms with Crippen molar-refractivity contribution in [2.24, 2.45) is 5.92 Å². The van der Waals surface area contributed by atoms with E-state index in [1.807, 2.05) is 13.0 Å². The molecule has 1 atom stereocenters. The van der Waals surface area contributed by atoms with Gasteiger partial charge in [-0.05, 0) is 50.7 Å². The topological polar surface area (TPSA) is 63.2 Å². The molecule has 1 aromatic carbocycles. The molecule has 112 valence electrons. The fourth-order valence-corrected chi connectivity index (χ4v) is 5.66. The van der Waals surface area contributed by atoms with E-state index in [0.29, 0.717) is 21.8 Å². The first-order valence-corrected chi connectivity index (χ1v) is 9.51. The average molecular weight is 323 g/mol. The molecule has 21 heavy (non-hydrogen) atoms. The van der Waals surface area contributed by atoms with Gasteiger partial charge in [-0.1, -0.05) is 6.07 Å². The minimum atomic E-state index is -3.50. The zero-order valence-electron chi connectivity index (χ0n) is 11.8. The van der Waals surface area contributed by atoms with Crippen molar-refractivity contribution < 1.29 is 8.42 Å². The van der Waals surface area contributed by atoms with E-state index in [4.69, 9.17) is 0 Å². The molecule has 2 fully saturated rings. The predicted octanol–water partition coefficient (Wildman–Crippen LogP) is 2.64. The molecular weight excluding hydrogens is 306 g/mol. The highest BCUT2D eigenvalue weighted by molar-refractivity contribution is 7.89. The minimum Gasteiger partial charge on any atom is -0.207 e. The zero-order chi connectivity index (χ0) is 14.6. The third kappa shape index (κ3) is 2.27. The summed E-state index contributed by atoms with van der Waals surface area (Å²) in [6.45, 7) is 2.05. The summed E-state index contributed by atoms with van der Waals surface area (Å²) in [4.78, 5) is 0.313. The first-order chi connectivity index (χ1) is 10.1. The van der Waals surface area contributed by atoms with Crippen molar-refractivity contribution >= 4 is 32.8 Å².